The zero-order chi connectivity index (χ0) is 31.7. The van der Waals surface area contributed by atoms with Crippen LogP contribution in [0.5, 0.6) is 11.8 Å². The SMILES string of the molecule is CC(CCN(C)C)Nc1nc(OC[C@H]2CCCN2CCF)nc2c(F)c(-c3ccc(F)c4sc(N)c(C#N)c34)c(Cl)c(O)c12. The maximum atomic E-state index is 16.7. The third-order valence-corrected chi connectivity index (χ3v) is 9.24. The highest BCUT2D eigenvalue weighted by atomic mass is 35.5. The molecule has 1 unspecified atom stereocenters. The molecular formula is C30H33ClF3N7O2S. The van der Waals surface area contributed by atoms with E-state index in [1.807, 2.05) is 36.9 Å². The van der Waals surface area contributed by atoms with Crippen molar-refractivity contribution in [3.63, 3.8) is 0 Å². The van der Waals surface area contributed by atoms with E-state index >= 15 is 4.39 Å². The molecule has 1 fully saturated rings. The summed E-state index contributed by atoms with van der Waals surface area (Å²) in [6.45, 7) is 3.40. The second kappa shape index (κ2) is 13.2. The van der Waals surface area contributed by atoms with Crippen LogP contribution in [-0.4, -0.2) is 84.0 Å². The molecule has 9 nitrogen and oxygen atoms in total. The van der Waals surface area contributed by atoms with Crippen LogP contribution in [-0.2, 0) is 0 Å². The molecule has 0 amide bonds. The fourth-order valence-electron chi connectivity index (χ4n) is 5.60. The molecule has 2 atom stereocenters. The quantitative estimate of drug-likeness (QED) is 0.175. The Bertz CT molecular complexity index is 1750. The van der Waals surface area contributed by atoms with Crippen LogP contribution in [0.2, 0.25) is 5.02 Å². The summed E-state index contributed by atoms with van der Waals surface area (Å²) in [6.07, 6.45) is 2.41. The molecule has 2 aromatic heterocycles. The lowest BCUT2D eigenvalue weighted by atomic mass is 9.96. The molecule has 0 saturated carbocycles. The number of ether oxygens (including phenoxy) is 1. The monoisotopic (exact) mass is 647 g/mol. The highest BCUT2D eigenvalue weighted by Crippen LogP contribution is 2.49. The number of hydrogen-bond donors (Lipinski definition) is 3. The van der Waals surface area contributed by atoms with Gasteiger partial charge >= 0.3 is 6.01 Å². The van der Waals surface area contributed by atoms with E-state index in [1.165, 1.54) is 6.07 Å². The van der Waals surface area contributed by atoms with Crippen molar-refractivity contribution in [2.24, 2.45) is 0 Å². The number of halogens is 4. The van der Waals surface area contributed by atoms with E-state index in [-0.39, 0.29) is 84.8 Å². The number of thiophene rings is 1. The van der Waals surface area contributed by atoms with Crippen molar-refractivity contribution >= 4 is 54.7 Å². The van der Waals surface area contributed by atoms with E-state index in [4.69, 9.17) is 22.1 Å². The minimum Gasteiger partial charge on any atom is -0.506 e. The number of aromatic nitrogens is 2. The molecule has 2 aromatic carbocycles. The Kier molecular flexibility index (Phi) is 9.55. The number of fused-ring (bicyclic) bond motifs is 2. The molecule has 0 bridgehead atoms. The molecule has 4 N–H and O–H groups in total. The Balaban J connectivity index is 1.67. The fraction of sp³-hybridized carbons (Fsp3) is 0.433. The minimum absolute atomic E-state index is 0.0206. The van der Waals surface area contributed by atoms with Crippen LogP contribution in [0.25, 0.3) is 32.1 Å². The van der Waals surface area contributed by atoms with Crippen molar-refractivity contribution in [3.05, 3.63) is 34.4 Å². The second-order valence-electron chi connectivity index (χ2n) is 11.2. The third kappa shape index (κ3) is 6.04. The normalized spacial score (nSPS) is 16.2. The number of nitrogens with zero attached hydrogens (tertiary/aromatic N) is 5. The highest BCUT2D eigenvalue weighted by molar-refractivity contribution is 7.23. The Morgan fingerprint density at radius 1 is 1.32 bits per heavy atom. The van der Waals surface area contributed by atoms with Gasteiger partial charge in [0.05, 0.1) is 20.7 Å². The second-order valence-corrected chi connectivity index (χ2v) is 12.6. The molecule has 5 rings (SSSR count). The van der Waals surface area contributed by atoms with Crippen LogP contribution < -0.4 is 15.8 Å². The lowest BCUT2D eigenvalue weighted by Gasteiger charge is -2.23. The molecule has 44 heavy (non-hydrogen) atoms. The molecule has 14 heteroatoms. The predicted octanol–water partition coefficient (Wildman–Crippen LogP) is 6.17. The first-order chi connectivity index (χ1) is 21.0. The van der Waals surface area contributed by atoms with Crippen LogP contribution in [0, 0.1) is 23.0 Å². The van der Waals surface area contributed by atoms with Gasteiger partial charge in [0.15, 0.2) is 5.82 Å². The van der Waals surface area contributed by atoms with E-state index in [0.29, 0.717) is 6.42 Å². The number of anilines is 2. The van der Waals surface area contributed by atoms with Gasteiger partial charge in [-0.3, -0.25) is 4.90 Å². The van der Waals surface area contributed by atoms with Crippen LogP contribution in [0.3, 0.4) is 0 Å². The Labute approximate surface area is 262 Å². The summed E-state index contributed by atoms with van der Waals surface area (Å²) < 4.78 is 50.6. The number of hydrogen-bond acceptors (Lipinski definition) is 10. The van der Waals surface area contributed by atoms with Crippen molar-refractivity contribution < 1.29 is 23.0 Å². The molecule has 4 aromatic rings. The number of likely N-dealkylation sites (tertiary alicyclic amines) is 1. The number of phenols is 1. The number of nitrogens with one attached hydrogen (secondary N) is 1. The summed E-state index contributed by atoms with van der Waals surface area (Å²) in [7, 11) is 3.89. The van der Waals surface area contributed by atoms with Gasteiger partial charge < -0.3 is 25.8 Å². The molecule has 0 radical (unpaired) electrons. The Morgan fingerprint density at radius 3 is 2.80 bits per heavy atom. The van der Waals surface area contributed by atoms with E-state index in [1.54, 1.807) is 0 Å². The van der Waals surface area contributed by atoms with E-state index in [0.717, 1.165) is 43.3 Å². The molecule has 3 heterocycles. The summed E-state index contributed by atoms with van der Waals surface area (Å²) in [5, 5.41) is 24.2. The van der Waals surface area contributed by atoms with E-state index in [9.17, 15) is 19.1 Å². The number of nitrogen functional groups attached to an aromatic ring is 1. The number of phenolic OH excluding ortho intramolecular Hbond substituents is 1. The molecular weight excluding hydrogens is 615 g/mol. The Hall–Kier alpha value is -3.57. The standard InChI is InChI=1S/C30H33ClF3N7O2S/c1-15(8-11-40(2)3)37-29-22-25(38-30(39-29)43-14-16-5-4-10-41(16)12-9-32)24(34)21(23(31)26(22)42)17-6-7-19(33)27-20(17)18(13-35)28(36)44-27/h6-7,15-16,42H,4-5,8-12,14,36H2,1-3H3,(H,37,38,39)/t15?,16-/m1/s1. The van der Waals surface area contributed by atoms with Crippen molar-refractivity contribution in [3.8, 4) is 29.0 Å². The number of nitrogens with two attached hydrogens (primary N) is 1. The maximum Gasteiger partial charge on any atom is 0.319 e. The highest BCUT2D eigenvalue weighted by Gasteiger charge is 2.29. The number of alkyl halides is 1. The van der Waals surface area contributed by atoms with Crippen LogP contribution in [0.15, 0.2) is 12.1 Å². The molecule has 234 valence electrons. The van der Waals surface area contributed by atoms with Gasteiger partial charge in [-0.25, -0.2) is 13.2 Å². The number of nitriles is 1. The zero-order valence-corrected chi connectivity index (χ0v) is 26.1. The molecule has 1 saturated heterocycles. The smallest absolute Gasteiger partial charge is 0.319 e. The van der Waals surface area contributed by atoms with Crippen molar-refractivity contribution in [2.75, 3.05) is 58.1 Å². The zero-order valence-electron chi connectivity index (χ0n) is 24.6. The predicted molar refractivity (Wildman–Crippen MR) is 168 cm³/mol. The molecule has 0 aliphatic carbocycles. The van der Waals surface area contributed by atoms with Gasteiger partial charge in [-0.1, -0.05) is 17.7 Å². The lowest BCUT2D eigenvalue weighted by molar-refractivity contribution is 0.157. The lowest BCUT2D eigenvalue weighted by Crippen LogP contribution is -2.35. The molecule has 1 aliphatic heterocycles. The van der Waals surface area contributed by atoms with Gasteiger partial charge in [0.2, 0.25) is 0 Å². The summed E-state index contributed by atoms with van der Waals surface area (Å²) in [5.41, 5.74) is 5.51. The minimum atomic E-state index is -0.916. The molecule has 0 spiro atoms. The van der Waals surface area contributed by atoms with E-state index in [2.05, 4.69) is 15.3 Å². The van der Waals surface area contributed by atoms with Crippen molar-refractivity contribution in [2.45, 2.75) is 38.3 Å². The third-order valence-electron chi connectivity index (χ3n) is 7.85. The topological polar surface area (TPSA) is 124 Å². The van der Waals surface area contributed by atoms with Crippen LogP contribution in [0.4, 0.5) is 24.0 Å². The van der Waals surface area contributed by atoms with Gasteiger partial charge in [0.25, 0.3) is 0 Å². The summed E-state index contributed by atoms with van der Waals surface area (Å²) in [6, 6.07) is 4.04. The number of rotatable bonds is 11. The van der Waals surface area contributed by atoms with E-state index < -0.39 is 24.1 Å². The number of benzene rings is 2. The van der Waals surface area contributed by atoms with Gasteiger partial charge in [0, 0.05) is 29.6 Å². The average molecular weight is 648 g/mol. The van der Waals surface area contributed by atoms with Crippen molar-refractivity contribution in [1.29, 1.82) is 5.26 Å². The van der Waals surface area contributed by atoms with Crippen LogP contribution in [0.1, 0.15) is 31.7 Å². The van der Waals surface area contributed by atoms with Gasteiger partial charge in [-0.05, 0) is 65.0 Å². The first-order valence-corrected chi connectivity index (χ1v) is 15.4. The average Bonchev–Trinajstić information content (AvgIpc) is 3.58. The maximum absolute atomic E-state index is 16.7. The largest absolute Gasteiger partial charge is 0.506 e. The van der Waals surface area contributed by atoms with Crippen molar-refractivity contribution in [1.82, 2.24) is 19.8 Å². The van der Waals surface area contributed by atoms with Gasteiger partial charge in [-0.15, -0.1) is 11.3 Å². The fourth-order valence-corrected chi connectivity index (χ4v) is 6.82. The van der Waals surface area contributed by atoms with Crippen LogP contribution >= 0.6 is 22.9 Å². The Morgan fingerprint density at radius 2 is 2.09 bits per heavy atom. The van der Waals surface area contributed by atoms with Gasteiger partial charge in [-0.2, -0.15) is 15.2 Å². The summed E-state index contributed by atoms with van der Waals surface area (Å²) >= 11 is 7.51. The first-order valence-electron chi connectivity index (χ1n) is 14.2. The number of aromatic hydroxyl groups is 1. The summed E-state index contributed by atoms with van der Waals surface area (Å²) in [4.78, 5) is 12.9. The molecule has 1 aliphatic rings. The first kappa shape index (κ1) is 31.8. The van der Waals surface area contributed by atoms with Gasteiger partial charge in [0.1, 0.15) is 47.3 Å². The summed E-state index contributed by atoms with van der Waals surface area (Å²) in [5.74, 6) is -1.92.